The summed E-state index contributed by atoms with van der Waals surface area (Å²) in [5.41, 5.74) is 1.67. The molecule has 4 unspecified atom stereocenters. The summed E-state index contributed by atoms with van der Waals surface area (Å²) >= 11 is 1.66. The van der Waals surface area contributed by atoms with E-state index in [1.807, 2.05) is 19.1 Å². The van der Waals surface area contributed by atoms with Crippen LogP contribution in [-0.4, -0.2) is 70.4 Å². The third-order valence-corrected chi connectivity index (χ3v) is 6.84. The second kappa shape index (κ2) is 9.46. The van der Waals surface area contributed by atoms with Crippen molar-refractivity contribution in [3.8, 4) is 10.4 Å². The standard InChI is InChI=1S/C22H28N4O4S/c1-12-18(17-10-13-5-3-4-6-16(13)31-17)21(26-22(24-12)23-7-8-30-2)25-15-9-14(11-27)19(28)20(15)29/h3-6,10,14-15,19-20,27-29H,7-9,11H2,1-2H3,(H2,23,24,25,26). The van der Waals surface area contributed by atoms with Crippen LogP contribution in [0.2, 0.25) is 0 Å². The van der Waals surface area contributed by atoms with E-state index in [1.54, 1.807) is 18.4 Å². The maximum Gasteiger partial charge on any atom is 0.224 e. The molecular weight excluding hydrogens is 416 g/mol. The van der Waals surface area contributed by atoms with Crippen molar-refractivity contribution in [2.24, 2.45) is 5.92 Å². The fourth-order valence-corrected chi connectivity index (χ4v) is 5.21. The summed E-state index contributed by atoms with van der Waals surface area (Å²) in [4.78, 5) is 10.3. The number of anilines is 2. The van der Waals surface area contributed by atoms with Crippen molar-refractivity contribution in [3.05, 3.63) is 36.0 Å². The van der Waals surface area contributed by atoms with Gasteiger partial charge in [0, 0.05) is 35.8 Å². The Bertz CT molecular complexity index is 1010. The summed E-state index contributed by atoms with van der Waals surface area (Å²) in [5, 5.41) is 37.9. The molecule has 1 aromatic carbocycles. The van der Waals surface area contributed by atoms with Gasteiger partial charge in [0.25, 0.3) is 0 Å². The van der Waals surface area contributed by atoms with Crippen LogP contribution in [0.15, 0.2) is 30.3 Å². The Morgan fingerprint density at radius 3 is 2.71 bits per heavy atom. The van der Waals surface area contributed by atoms with Crippen LogP contribution in [0.1, 0.15) is 12.1 Å². The Morgan fingerprint density at radius 1 is 1.19 bits per heavy atom. The van der Waals surface area contributed by atoms with Gasteiger partial charge in [0.2, 0.25) is 5.95 Å². The van der Waals surface area contributed by atoms with Gasteiger partial charge in [0.1, 0.15) is 11.9 Å². The number of thiophene rings is 1. The zero-order valence-electron chi connectivity index (χ0n) is 17.6. The number of nitrogens with one attached hydrogen (secondary N) is 2. The van der Waals surface area contributed by atoms with Crippen molar-refractivity contribution < 1.29 is 20.1 Å². The average molecular weight is 445 g/mol. The van der Waals surface area contributed by atoms with Crippen molar-refractivity contribution in [2.75, 3.05) is 37.5 Å². The van der Waals surface area contributed by atoms with Crippen molar-refractivity contribution in [3.63, 3.8) is 0 Å². The lowest BCUT2D eigenvalue weighted by molar-refractivity contribution is 0.00446. The summed E-state index contributed by atoms with van der Waals surface area (Å²) in [5.74, 6) is 0.685. The van der Waals surface area contributed by atoms with E-state index < -0.39 is 18.2 Å². The number of ether oxygens (including phenoxy) is 1. The maximum atomic E-state index is 10.5. The first kappa shape index (κ1) is 21.9. The van der Waals surface area contributed by atoms with E-state index in [1.165, 1.54) is 4.70 Å². The molecule has 2 heterocycles. The lowest BCUT2D eigenvalue weighted by Gasteiger charge is -2.21. The molecule has 166 valence electrons. The number of hydrogen-bond donors (Lipinski definition) is 5. The normalized spacial score (nSPS) is 23.4. The van der Waals surface area contributed by atoms with Gasteiger partial charge in [-0.05, 0) is 30.9 Å². The van der Waals surface area contributed by atoms with Gasteiger partial charge in [-0.15, -0.1) is 11.3 Å². The molecule has 31 heavy (non-hydrogen) atoms. The lowest BCUT2D eigenvalue weighted by atomic mass is 10.1. The summed E-state index contributed by atoms with van der Waals surface area (Å²) in [7, 11) is 1.63. The quantitative estimate of drug-likeness (QED) is 0.336. The minimum atomic E-state index is -0.993. The smallest absolute Gasteiger partial charge is 0.224 e. The first-order valence-corrected chi connectivity index (χ1v) is 11.2. The monoisotopic (exact) mass is 444 g/mol. The van der Waals surface area contributed by atoms with Crippen molar-refractivity contribution in [1.29, 1.82) is 0 Å². The number of aryl methyl sites for hydroxylation is 1. The van der Waals surface area contributed by atoms with Crippen LogP contribution < -0.4 is 10.6 Å². The van der Waals surface area contributed by atoms with Crippen LogP contribution in [0.4, 0.5) is 11.8 Å². The van der Waals surface area contributed by atoms with Gasteiger partial charge in [0.05, 0.1) is 30.0 Å². The Balaban J connectivity index is 1.72. The van der Waals surface area contributed by atoms with Crippen LogP contribution in [0.3, 0.4) is 0 Å². The average Bonchev–Trinajstić information content (AvgIpc) is 3.29. The number of nitrogens with zero attached hydrogens (tertiary/aromatic N) is 2. The van der Waals surface area contributed by atoms with E-state index in [2.05, 4.69) is 38.8 Å². The molecule has 0 spiro atoms. The fourth-order valence-electron chi connectivity index (χ4n) is 4.05. The van der Waals surface area contributed by atoms with E-state index in [9.17, 15) is 15.3 Å². The van der Waals surface area contributed by atoms with E-state index >= 15 is 0 Å². The molecule has 5 N–H and O–H groups in total. The molecule has 0 amide bonds. The number of aliphatic hydroxyl groups is 3. The number of hydrogen-bond acceptors (Lipinski definition) is 9. The Labute approximate surface area is 184 Å². The minimum Gasteiger partial charge on any atom is -0.396 e. The number of methoxy groups -OCH3 is 1. The fraction of sp³-hybridized carbons (Fsp3) is 0.455. The Morgan fingerprint density at radius 2 is 2.00 bits per heavy atom. The topological polar surface area (TPSA) is 120 Å². The van der Waals surface area contributed by atoms with Crippen LogP contribution in [0.25, 0.3) is 20.5 Å². The van der Waals surface area contributed by atoms with E-state index in [-0.39, 0.29) is 12.5 Å². The van der Waals surface area contributed by atoms with Crippen molar-refractivity contribution in [2.45, 2.75) is 31.6 Å². The van der Waals surface area contributed by atoms with Crippen LogP contribution >= 0.6 is 11.3 Å². The Hall–Kier alpha value is -2.30. The van der Waals surface area contributed by atoms with Gasteiger partial charge in [0.15, 0.2) is 0 Å². The summed E-state index contributed by atoms with van der Waals surface area (Å²) in [6.07, 6.45) is -1.52. The molecule has 0 bridgehead atoms. The largest absolute Gasteiger partial charge is 0.396 e. The highest BCUT2D eigenvalue weighted by atomic mass is 32.1. The predicted molar refractivity (Wildman–Crippen MR) is 123 cm³/mol. The Kier molecular flexibility index (Phi) is 6.68. The van der Waals surface area contributed by atoms with Crippen LogP contribution in [-0.2, 0) is 4.74 Å². The third kappa shape index (κ3) is 4.51. The molecule has 9 heteroatoms. The van der Waals surface area contributed by atoms with Gasteiger partial charge >= 0.3 is 0 Å². The molecule has 4 atom stereocenters. The molecule has 4 rings (SSSR count). The van der Waals surface area contributed by atoms with E-state index in [0.717, 1.165) is 21.5 Å². The molecule has 2 aromatic heterocycles. The summed E-state index contributed by atoms with van der Waals surface area (Å²) < 4.78 is 6.26. The summed E-state index contributed by atoms with van der Waals surface area (Å²) in [6, 6.07) is 9.86. The molecular formula is C22H28N4O4S. The molecule has 3 aromatic rings. The van der Waals surface area contributed by atoms with Crippen LogP contribution in [0, 0.1) is 12.8 Å². The number of aliphatic hydroxyl groups excluding tert-OH is 3. The lowest BCUT2D eigenvalue weighted by Crippen LogP contribution is -2.35. The maximum absolute atomic E-state index is 10.5. The first-order chi connectivity index (χ1) is 15.0. The van der Waals surface area contributed by atoms with Crippen LogP contribution in [0.5, 0.6) is 0 Å². The van der Waals surface area contributed by atoms with Gasteiger partial charge in [-0.1, -0.05) is 18.2 Å². The zero-order valence-corrected chi connectivity index (χ0v) is 18.4. The molecule has 0 radical (unpaired) electrons. The van der Waals surface area contributed by atoms with Crippen molar-refractivity contribution in [1.82, 2.24) is 9.97 Å². The number of fused-ring (bicyclic) bond motifs is 1. The molecule has 1 saturated carbocycles. The molecule has 1 fully saturated rings. The second-order valence-electron chi connectivity index (χ2n) is 7.83. The highest BCUT2D eigenvalue weighted by molar-refractivity contribution is 7.22. The highest BCUT2D eigenvalue weighted by Crippen LogP contribution is 2.40. The summed E-state index contributed by atoms with van der Waals surface area (Å²) in [6.45, 7) is 2.85. The first-order valence-electron chi connectivity index (χ1n) is 10.4. The number of benzene rings is 1. The van der Waals surface area contributed by atoms with Gasteiger partial charge in [-0.25, -0.2) is 4.98 Å². The molecule has 0 saturated heterocycles. The zero-order chi connectivity index (χ0) is 22.0. The van der Waals surface area contributed by atoms with Crippen molar-refractivity contribution >= 4 is 33.2 Å². The predicted octanol–water partition coefficient (Wildman–Crippen LogP) is 2.24. The van der Waals surface area contributed by atoms with E-state index in [4.69, 9.17) is 4.74 Å². The number of rotatable bonds is 8. The number of aromatic nitrogens is 2. The SMILES string of the molecule is COCCNc1nc(C)c(-c2cc3ccccc3s2)c(NC2CC(CO)C(O)C2O)n1. The van der Waals surface area contributed by atoms with E-state index in [0.29, 0.717) is 31.3 Å². The van der Waals surface area contributed by atoms with Gasteiger partial charge in [-0.2, -0.15) is 4.98 Å². The second-order valence-corrected chi connectivity index (χ2v) is 8.92. The molecule has 1 aliphatic rings. The van der Waals surface area contributed by atoms with Gasteiger partial charge in [-0.3, -0.25) is 0 Å². The highest BCUT2D eigenvalue weighted by Gasteiger charge is 2.41. The molecule has 8 nitrogen and oxygen atoms in total. The third-order valence-electron chi connectivity index (χ3n) is 5.71. The minimum absolute atomic E-state index is 0.174. The van der Waals surface area contributed by atoms with Gasteiger partial charge < -0.3 is 30.7 Å². The molecule has 0 aliphatic heterocycles. The molecule has 1 aliphatic carbocycles.